The van der Waals surface area contributed by atoms with Gasteiger partial charge in [-0.1, -0.05) is 38.8 Å². The number of hydrogen-bond acceptors (Lipinski definition) is 4. The maximum atomic E-state index is 11.7. The zero-order chi connectivity index (χ0) is 20.2. The summed E-state index contributed by atoms with van der Waals surface area (Å²) in [6.45, 7) is 3.82. The molecule has 0 fully saturated rings. The smallest absolute Gasteiger partial charge is 0.256 e. The maximum absolute atomic E-state index is 11.7. The Hall–Kier alpha value is -2.92. The third-order valence-electron chi connectivity index (χ3n) is 4.16. The van der Waals surface area contributed by atoms with Crippen LogP contribution in [-0.2, 0) is 5.41 Å². The third-order valence-corrected chi connectivity index (χ3v) is 4.57. The van der Waals surface area contributed by atoms with E-state index >= 15 is 0 Å². The van der Waals surface area contributed by atoms with E-state index in [2.05, 4.69) is 0 Å². The van der Waals surface area contributed by atoms with Crippen molar-refractivity contribution in [3.63, 3.8) is 0 Å². The fourth-order valence-corrected chi connectivity index (χ4v) is 2.91. The molecule has 0 N–H and O–H groups in total. The van der Waals surface area contributed by atoms with Crippen molar-refractivity contribution < 1.29 is 19.1 Å². The topological polar surface area (TPSA) is 52.6 Å². The summed E-state index contributed by atoms with van der Waals surface area (Å²) in [6, 6.07) is 9.83. The standard InChI is InChI=1S/C21H14Cl2O4/c1-5-26-17-9-7-13(11-15(17)19(22)24)21(3,4)14-8-10-18(27-6-2)16(12-14)20(23)25/h1-2,7-12H,3-4H3. The lowest BCUT2D eigenvalue weighted by Crippen LogP contribution is -2.20. The van der Waals surface area contributed by atoms with Crippen molar-refractivity contribution in [3.8, 4) is 36.6 Å². The van der Waals surface area contributed by atoms with Crippen LogP contribution < -0.4 is 9.47 Å². The maximum Gasteiger partial charge on any atom is 0.256 e. The molecule has 2 rings (SSSR count). The lowest BCUT2D eigenvalue weighted by atomic mass is 9.77. The summed E-state index contributed by atoms with van der Waals surface area (Å²) >= 11 is 11.3. The molecule has 0 amide bonds. The number of halogens is 2. The largest absolute Gasteiger partial charge is 0.407 e. The van der Waals surface area contributed by atoms with Crippen molar-refractivity contribution in [2.45, 2.75) is 19.3 Å². The predicted octanol–water partition coefficient (Wildman–Crippen LogP) is 4.71. The molecular weight excluding hydrogens is 387 g/mol. The van der Waals surface area contributed by atoms with Crippen molar-refractivity contribution in [2.24, 2.45) is 0 Å². The first-order valence-electron chi connectivity index (χ1n) is 7.66. The van der Waals surface area contributed by atoms with Crippen LogP contribution in [0.1, 0.15) is 45.7 Å². The summed E-state index contributed by atoms with van der Waals surface area (Å²) in [6.07, 6.45) is 14.3. The van der Waals surface area contributed by atoms with Gasteiger partial charge in [-0.05, 0) is 58.6 Å². The summed E-state index contributed by atoms with van der Waals surface area (Å²) in [5.74, 6) is 0.373. The van der Waals surface area contributed by atoms with Crippen molar-refractivity contribution in [2.75, 3.05) is 0 Å². The lowest BCUT2D eigenvalue weighted by molar-refractivity contribution is 0.107. The van der Waals surface area contributed by atoms with Gasteiger partial charge in [0.05, 0.1) is 11.1 Å². The minimum atomic E-state index is -0.702. The van der Waals surface area contributed by atoms with Crippen LogP contribution in [0.25, 0.3) is 0 Å². The predicted molar refractivity (Wildman–Crippen MR) is 104 cm³/mol. The van der Waals surface area contributed by atoms with E-state index in [0.717, 1.165) is 11.1 Å². The van der Waals surface area contributed by atoms with Crippen molar-refractivity contribution in [1.29, 1.82) is 0 Å². The highest BCUT2D eigenvalue weighted by molar-refractivity contribution is 6.68. The van der Waals surface area contributed by atoms with Gasteiger partial charge in [-0.15, -0.1) is 0 Å². The molecule has 0 aliphatic rings. The Morgan fingerprint density at radius 3 is 1.52 bits per heavy atom. The molecule has 0 bridgehead atoms. The first-order chi connectivity index (χ1) is 12.7. The van der Waals surface area contributed by atoms with Crippen molar-refractivity contribution >= 4 is 33.7 Å². The molecule has 0 atom stereocenters. The van der Waals surface area contributed by atoms with E-state index in [9.17, 15) is 9.59 Å². The highest BCUT2D eigenvalue weighted by Gasteiger charge is 2.27. The minimum Gasteiger partial charge on any atom is -0.407 e. The second-order valence-corrected chi connectivity index (χ2v) is 6.72. The number of carbonyl (C=O) groups excluding carboxylic acids is 2. The normalized spacial score (nSPS) is 10.4. The van der Waals surface area contributed by atoms with Crippen molar-refractivity contribution in [1.82, 2.24) is 0 Å². The van der Waals surface area contributed by atoms with Gasteiger partial charge in [0.15, 0.2) is 11.5 Å². The van der Waals surface area contributed by atoms with Crippen LogP contribution in [0.15, 0.2) is 36.4 Å². The SMILES string of the molecule is C#COc1ccc(C(C)(C)c2ccc(OC#C)c(C(=O)Cl)c2)cc1C(=O)Cl. The van der Waals surface area contributed by atoms with Gasteiger partial charge < -0.3 is 9.47 Å². The average molecular weight is 401 g/mol. The number of terminal acetylenes is 2. The molecule has 0 aliphatic carbocycles. The molecule has 0 heterocycles. The van der Waals surface area contributed by atoms with Gasteiger partial charge in [0.2, 0.25) is 0 Å². The van der Waals surface area contributed by atoms with Crippen LogP contribution >= 0.6 is 23.2 Å². The van der Waals surface area contributed by atoms with E-state index in [1.807, 2.05) is 26.1 Å². The Kier molecular flexibility index (Phi) is 6.18. The summed E-state index contributed by atoms with van der Waals surface area (Å²) < 4.78 is 9.98. The van der Waals surface area contributed by atoms with Crippen LogP contribution in [0.3, 0.4) is 0 Å². The van der Waals surface area contributed by atoms with E-state index in [4.69, 9.17) is 45.5 Å². The molecule has 2 aromatic carbocycles. The monoisotopic (exact) mass is 400 g/mol. The fourth-order valence-electron chi connectivity index (χ4n) is 2.62. The second-order valence-electron chi connectivity index (χ2n) is 6.03. The molecular formula is C21H14Cl2O4. The first kappa shape index (κ1) is 20.4. The number of rotatable bonds is 6. The van der Waals surface area contributed by atoms with E-state index < -0.39 is 15.9 Å². The molecule has 0 saturated heterocycles. The van der Waals surface area contributed by atoms with E-state index in [1.54, 1.807) is 36.4 Å². The number of hydrogen-bond donors (Lipinski definition) is 0. The summed E-state index contributed by atoms with van der Waals surface area (Å²) in [5, 5.41) is -1.40. The second kappa shape index (κ2) is 8.18. The molecule has 136 valence electrons. The summed E-state index contributed by atoms with van der Waals surface area (Å²) in [5.41, 5.74) is 1.15. The molecule has 0 aromatic heterocycles. The van der Waals surface area contributed by atoms with Crippen LogP contribution in [0.5, 0.6) is 11.5 Å². The fraction of sp³-hybridized carbons (Fsp3) is 0.143. The molecule has 2 aromatic rings. The Morgan fingerprint density at radius 2 is 1.22 bits per heavy atom. The quantitative estimate of drug-likeness (QED) is 0.520. The molecule has 0 spiro atoms. The van der Waals surface area contributed by atoms with Crippen molar-refractivity contribution in [3.05, 3.63) is 58.7 Å². The van der Waals surface area contributed by atoms with Gasteiger partial charge in [-0.3, -0.25) is 9.59 Å². The lowest BCUT2D eigenvalue weighted by Gasteiger charge is -2.27. The average Bonchev–Trinajstić information content (AvgIpc) is 2.62. The van der Waals surface area contributed by atoms with Gasteiger partial charge in [-0.25, -0.2) is 0 Å². The summed E-state index contributed by atoms with van der Waals surface area (Å²) in [7, 11) is 0. The van der Waals surface area contributed by atoms with Gasteiger partial charge in [-0.2, -0.15) is 0 Å². The Balaban J connectivity index is 2.59. The number of benzene rings is 2. The van der Waals surface area contributed by atoms with E-state index in [0.29, 0.717) is 0 Å². The highest BCUT2D eigenvalue weighted by Crippen LogP contribution is 2.36. The van der Waals surface area contributed by atoms with E-state index in [1.165, 1.54) is 0 Å². The summed E-state index contributed by atoms with van der Waals surface area (Å²) in [4.78, 5) is 23.5. The van der Waals surface area contributed by atoms with Gasteiger partial charge >= 0.3 is 0 Å². The van der Waals surface area contributed by atoms with Gasteiger partial charge in [0, 0.05) is 5.41 Å². The van der Waals surface area contributed by atoms with Gasteiger partial charge in [0.1, 0.15) is 12.2 Å². The number of carbonyl (C=O) groups is 2. The molecule has 6 heteroatoms. The van der Waals surface area contributed by atoms with Gasteiger partial charge in [0.25, 0.3) is 10.5 Å². The Labute approximate surface area is 167 Å². The van der Waals surface area contributed by atoms with E-state index in [-0.39, 0.29) is 22.6 Å². The molecule has 0 saturated carbocycles. The van der Waals surface area contributed by atoms with Crippen LogP contribution in [0, 0.1) is 25.1 Å². The zero-order valence-corrected chi connectivity index (χ0v) is 16.0. The molecule has 0 unspecified atom stereocenters. The molecule has 27 heavy (non-hydrogen) atoms. The third kappa shape index (κ3) is 4.26. The Morgan fingerprint density at radius 1 is 0.852 bits per heavy atom. The molecule has 4 nitrogen and oxygen atoms in total. The van der Waals surface area contributed by atoms with Crippen LogP contribution in [-0.4, -0.2) is 10.5 Å². The Bertz CT molecular complexity index is 915. The van der Waals surface area contributed by atoms with Crippen LogP contribution in [0.2, 0.25) is 0 Å². The molecule has 0 aliphatic heterocycles. The minimum absolute atomic E-state index is 0.140. The number of ether oxygens (including phenoxy) is 2. The molecule has 0 radical (unpaired) electrons. The van der Waals surface area contributed by atoms with Crippen LogP contribution in [0.4, 0.5) is 0 Å². The first-order valence-corrected chi connectivity index (χ1v) is 8.41. The zero-order valence-electron chi connectivity index (χ0n) is 14.5. The highest BCUT2D eigenvalue weighted by atomic mass is 35.5.